The van der Waals surface area contributed by atoms with E-state index >= 15 is 0 Å². The van der Waals surface area contributed by atoms with Crippen LogP contribution in [0.4, 0.5) is 0 Å². The molecule has 1 amide bonds. The zero-order valence-corrected chi connectivity index (χ0v) is 14.4. The fourth-order valence-corrected chi connectivity index (χ4v) is 3.91. The molecule has 0 radical (unpaired) electrons. The van der Waals surface area contributed by atoms with Crippen molar-refractivity contribution in [1.29, 1.82) is 0 Å². The van der Waals surface area contributed by atoms with E-state index in [0.717, 1.165) is 21.1 Å². The van der Waals surface area contributed by atoms with Gasteiger partial charge < -0.3 is 5.32 Å². The Kier molecular flexibility index (Phi) is 6.21. The molecule has 1 aromatic carbocycles. The van der Waals surface area contributed by atoms with Gasteiger partial charge in [0.1, 0.15) is 0 Å². The summed E-state index contributed by atoms with van der Waals surface area (Å²) in [7, 11) is 0. The molecule has 1 N–H and O–H groups in total. The number of benzene rings is 1. The van der Waals surface area contributed by atoms with Crippen molar-refractivity contribution in [1.82, 2.24) is 5.32 Å². The second kappa shape index (κ2) is 8.15. The maximum Gasteiger partial charge on any atom is 0.216 e. The highest BCUT2D eigenvalue weighted by Gasteiger charge is 2.10. The number of Topliss-reactive ketones (excluding diaryl/α,β-unsaturated/α-hetero) is 1. The van der Waals surface area contributed by atoms with E-state index in [4.69, 9.17) is 0 Å². The van der Waals surface area contributed by atoms with Crippen LogP contribution in [0.15, 0.2) is 41.3 Å². The normalized spacial score (nSPS) is 10.5. The molecule has 2 aromatic rings. The molecule has 22 heavy (non-hydrogen) atoms. The van der Waals surface area contributed by atoms with E-state index in [1.807, 2.05) is 30.3 Å². The quantitative estimate of drug-likeness (QED) is 0.620. The summed E-state index contributed by atoms with van der Waals surface area (Å²) in [5, 5.41) is 2.76. The Morgan fingerprint density at radius 3 is 2.68 bits per heavy atom. The van der Waals surface area contributed by atoms with E-state index in [9.17, 15) is 9.59 Å². The standard InChI is InChI=1S/C17H19NO2S2/c1-12-5-3-4-6-16(12)21-11-15(20)17-8-7-14(22-17)9-10-18-13(2)19/h3-8H,9-11H2,1-2H3,(H,18,19). The number of thioether (sulfide) groups is 1. The van der Waals surface area contributed by atoms with Gasteiger partial charge in [-0.2, -0.15) is 0 Å². The Balaban J connectivity index is 1.86. The number of thiophene rings is 1. The van der Waals surface area contributed by atoms with Crippen LogP contribution in [-0.2, 0) is 11.2 Å². The predicted molar refractivity (Wildman–Crippen MR) is 92.9 cm³/mol. The fraction of sp³-hybridized carbons (Fsp3) is 0.294. The van der Waals surface area contributed by atoms with Crippen LogP contribution >= 0.6 is 23.1 Å². The topological polar surface area (TPSA) is 46.2 Å². The van der Waals surface area contributed by atoms with Crippen LogP contribution in [0.2, 0.25) is 0 Å². The van der Waals surface area contributed by atoms with Gasteiger partial charge in [0.25, 0.3) is 0 Å². The van der Waals surface area contributed by atoms with Crippen molar-refractivity contribution in [3.05, 3.63) is 51.7 Å². The first-order chi connectivity index (χ1) is 10.6. The van der Waals surface area contributed by atoms with Crippen LogP contribution in [0.25, 0.3) is 0 Å². The van der Waals surface area contributed by atoms with Crippen LogP contribution in [-0.4, -0.2) is 24.0 Å². The van der Waals surface area contributed by atoms with E-state index in [2.05, 4.69) is 18.3 Å². The monoisotopic (exact) mass is 333 g/mol. The molecule has 1 aromatic heterocycles. The lowest BCUT2D eigenvalue weighted by Gasteiger charge is -2.03. The Hall–Kier alpha value is -1.59. The molecule has 116 valence electrons. The van der Waals surface area contributed by atoms with Crippen molar-refractivity contribution in [2.24, 2.45) is 0 Å². The van der Waals surface area contributed by atoms with E-state index in [1.54, 1.807) is 11.8 Å². The third-order valence-corrected chi connectivity index (χ3v) is 5.50. The summed E-state index contributed by atoms with van der Waals surface area (Å²) in [5.41, 5.74) is 1.20. The average molecular weight is 333 g/mol. The summed E-state index contributed by atoms with van der Waals surface area (Å²) in [6.45, 7) is 4.17. The maximum absolute atomic E-state index is 12.2. The minimum Gasteiger partial charge on any atom is -0.356 e. The molecule has 3 nitrogen and oxygen atoms in total. The molecule has 2 rings (SSSR count). The van der Waals surface area contributed by atoms with E-state index in [-0.39, 0.29) is 11.7 Å². The van der Waals surface area contributed by atoms with E-state index in [1.165, 1.54) is 23.8 Å². The second-order valence-electron chi connectivity index (χ2n) is 4.98. The van der Waals surface area contributed by atoms with Gasteiger partial charge in [0.15, 0.2) is 5.78 Å². The van der Waals surface area contributed by atoms with Gasteiger partial charge in [-0.15, -0.1) is 23.1 Å². The predicted octanol–water partition coefficient (Wildman–Crippen LogP) is 3.71. The van der Waals surface area contributed by atoms with Crippen LogP contribution in [0, 0.1) is 6.92 Å². The fourth-order valence-electron chi connectivity index (χ4n) is 1.96. The maximum atomic E-state index is 12.2. The summed E-state index contributed by atoms with van der Waals surface area (Å²) in [6, 6.07) is 11.9. The van der Waals surface area contributed by atoms with E-state index in [0.29, 0.717) is 12.3 Å². The third-order valence-electron chi connectivity index (χ3n) is 3.13. The zero-order valence-electron chi connectivity index (χ0n) is 12.7. The number of nitrogens with one attached hydrogen (secondary N) is 1. The number of hydrogen-bond acceptors (Lipinski definition) is 4. The number of hydrogen-bond donors (Lipinski definition) is 1. The van der Waals surface area contributed by atoms with Crippen molar-refractivity contribution >= 4 is 34.8 Å². The number of carbonyl (C=O) groups excluding carboxylic acids is 2. The molecule has 0 saturated heterocycles. The Morgan fingerprint density at radius 1 is 1.18 bits per heavy atom. The van der Waals surface area contributed by atoms with Gasteiger partial charge >= 0.3 is 0 Å². The Morgan fingerprint density at radius 2 is 1.95 bits per heavy atom. The molecule has 0 aliphatic heterocycles. The first-order valence-electron chi connectivity index (χ1n) is 7.11. The average Bonchev–Trinajstić information content (AvgIpc) is 2.94. The first-order valence-corrected chi connectivity index (χ1v) is 8.91. The first kappa shape index (κ1) is 16.8. The summed E-state index contributed by atoms with van der Waals surface area (Å²) >= 11 is 3.10. The summed E-state index contributed by atoms with van der Waals surface area (Å²) in [4.78, 5) is 26.1. The highest BCUT2D eigenvalue weighted by atomic mass is 32.2. The molecule has 0 saturated carbocycles. The highest BCUT2D eigenvalue weighted by Crippen LogP contribution is 2.25. The molecule has 0 unspecified atom stereocenters. The second-order valence-corrected chi connectivity index (χ2v) is 7.16. The van der Waals surface area contributed by atoms with Gasteiger partial charge in [-0.05, 0) is 37.1 Å². The van der Waals surface area contributed by atoms with Gasteiger partial charge in [0.05, 0.1) is 10.6 Å². The third kappa shape index (κ3) is 5.00. The Bertz CT molecular complexity index is 664. The van der Waals surface area contributed by atoms with Crippen molar-refractivity contribution in [2.75, 3.05) is 12.3 Å². The van der Waals surface area contributed by atoms with Crippen molar-refractivity contribution in [3.8, 4) is 0 Å². The largest absolute Gasteiger partial charge is 0.356 e. The minimum absolute atomic E-state index is 0.0255. The van der Waals surface area contributed by atoms with Gasteiger partial charge in [0, 0.05) is 23.2 Å². The Labute approximate surface area is 139 Å². The van der Waals surface area contributed by atoms with Gasteiger partial charge in [-0.3, -0.25) is 9.59 Å². The molecule has 1 heterocycles. The van der Waals surface area contributed by atoms with Crippen LogP contribution in [0.5, 0.6) is 0 Å². The smallest absolute Gasteiger partial charge is 0.216 e. The van der Waals surface area contributed by atoms with Crippen LogP contribution in [0.3, 0.4) is 0 Å². The summed E-state index contributed by atoms with van der Waals surface area (Å²) in [6.07, 6.45) is 0.766. The van der Waals surface area contributed by atoms with Crippen molar-refractivity contribution in [3.63, 3.8) is 0 Å². The minimum atomic E-state index is -0.0255. The molecule has 0 spiro atoms. The van der Waals surface area contributed by atoms with Gasteiger partial charge in [-0.25, -0.2) is 0 Å². The summed E-state index contributed by atoms with van der Waals surface area (Å²) < 4.78 is 0. The lowest BCUT2D eigenvalue weighted by Crippen LogP contribution is -2.22. The van der Waals surface area contributed by atoms with Gasteiger partial charge in [0.2, 0.25) is 5.91 Å². The lowest BCUT2D eigenvalue weighted by atomic mass is 10.2. The number of carbonyl (C=O) groups is 2. The van der Waals surface area contributed by atoms with Crippen molar-refractivity contribution < 1.29 is 9.59 Å². The molecule has 0 fully saturated rings. The molecule has 0 bridgehead atoms. The number of amides is 1. The SMILES string of the molecule is CC(=O)NCCc1ccc(C(=O)CSc2ccccc2C)s1. The molecule has 0 aliphatic carbocycles. The zero-order chi connectivity index (χ0) is 15.9. The highest BCUT2D eigenvalue weighted by molar-refractivity contribution is 8.00. The van der Waals surface area contributed by atoms with Crippen LogP contribution < -0.4 is 5.32 Å². The summed E-state index contributed by atoms with van der Waals surface area (Å²) in [5.74, 6) is 0.586. The lowest BCUT2D eigenvalue weighted by molar-refractivity contribution is -0.118. The number of aryl methyl sites for hydroxylation is 1. The number of rotatable bonds is 7. The molecule has 0 aliphatic rings. The number of ketones is 1. The van der Waals surface area contributed by atoms with Gasteiger partial charge in [-0.1, -0.05) is 18.2 Å². The molecule has 5 heteroatoms. The van der Waals surface area contributed by atoms with Crippen LogP contribution in [0.1, 0.15) is 27.0 Å². The molecular weight excluding hydrogens is 314 g/mol. The molecule has 0 atom stereocenters. The molecular formula is C17H19NO2S2. The van der Waals surface area contributed by atoms with E-state index < -0.39 is 0 Å². The van der Waals surface area contributed by atoms with Crippen molar-refractivity contribution in [2.45, 2.75) is 25.2 Å².